The van der Waals surface area contributed by atoms with Gasteiger partial charge in [-0.15, -0.1) is 0 Å². The summed E-state index contributed by atoms with van der Waals surface area (Å²) in [6.45, 7) is 0.822. The zero-order chi connectivity index (χ0) is 16.2. The first-order chi connectivity index (χ1) is 11.1. The third kappa shape index (κ3) is 3.67. The van der Waals surface area contributed by atoms with Gasteiger partial charge in [0.05, 0.1) is 0 Å². The Bertz CT molecular complexity index is 648. The number of nitrogens with zero attached hydrogens (tertiary/aromatic N) is 2. The normalized spacial score (nSPS) is 15.1. The first-order valence-electron chi connectivity index (χ1n) is 7.61. The molecule has 7 heteroatoms. The third-order valence-electron chi connectivity index (χ3n) is 3.86. The van der Waals surface area contributed by atoms with E-state index in [1.54, 1.807) is 36.4 Å². The summed E-state index contributed by atoms with van der Waals surface area (Å²) in [5, 5.41) is 9.12. The van der Waals surface area contributed by atoms with E-state index in [2.05, 4.69) is 15.7 Å². The number of hydrogen-bond acceptors (Lipinski definition) is 2. The number of aromatic nitrogens is 2. The fourth-order valence-corrected chi connectivity index (χ4v) is 2.72. The van der Waals surface area contributed by atoms with Crippen molar-refractivity contribution >= 4 is 11.8 Å². The zero-order valence-corrected chi connectivity index (χ0v) is 12.5. The molecule has 1 aliphatic rings. The number of urea groups is 1. The zero-order valence-electron chi connectivity index (χ0n) is 12.5. The number of halogens is 2. The van der Waals surface area contributed by atoms with E-state index in [-0.39, 0.29) is 0 Å². The monoisotopic (exact) mass is 320 g/mol. The van der Waals surface area contributed by atoms with Gasteiger partial charge in [-0.05, 0) is 24.8 Å². The highest BCUT2D eigenvalue weighted by Gasteiger charge is 2.24. The molecule has 1 aromatic heterocycles. The number of aryl methyl sites for hydroxylation is 2. The molecule has 1 unspecified atom stereocenters. The number of amides is 2. The minimum atomic E-state index is -2.70. The molecule has 0 radical (unpaired) electrons. The average molecular weight is 320 g/mol. The van der Waals surface area contributed by atoms with Crippen LogP contribution >= 0.6 is 0 Å². The maximum atomic E-state index is 13.2. The average Bonchev–Trinajstić information content (AvgIpc) is 2.95. The van der Waals surface area contributed by atoms with Gasteiger partial charge in [0.25, 0.3) is 6.43 Å². The van der Waals surface area contributed by atoms with Gasteiger partial charge in [0.1, 0.15) is 6.04 Å². The van der Waals surface area contributed by atoms with E-state index >= 15 is 0 Å². The molecular weight excluding hydrogens is 302 g/mol. The van der Waals surface area contributed by atoms with Gasteiger partial charge >= 0.3 is 6.03 Å². The largest absolute Gasteiger partial charge is 0.325 e. The minimum absolute atomic E-state index is 0.363. The Hall–Kier alpha value is -2.44. The quantitative estimate of drug-likeness (QED) is 0.907. The number of hydrogen-bond donors (Lipinski definition) is 2. The lowest BCUT2D eigenvalue weighted by atomic mass is 10.1. The lowest BCUT2D eigenvalue weighted by Gasteiger charge is -2.18. The van der Waals surface area contributed by atoms with Crippen molar-refractivity contribution in [2.45, 2.75) is 38.3 Å². The predicted molar refractivity (Wildman–Crippen MR) is 82.5 cm³/mol. The van der Waals surface area contributed by atoms with Crippen molar-refractivity contribution in [3.05, 3.63) is 47.7 Å². The van der Waals surface area contributed by atoms with E-state index in [1.165, 1.54) is 0 Å². The van der Waals surface area contributed by atoms with Gasteiger partial charge < -0.3 is 5.32 Å². The summed E-state index contributed by atoms with van der Waals surface area (Å²) in [4.78, 5) is 12.0. The Morgan fingerprint density at radius 2 is 2.00 bits per heavy atom. The summed E-state index contributed by atoms with van der Waals surface area (Å²) in [6.07, 6.45) is 0.374. The van der Waals surface area contributed by atoms with Crippen LogP contribution in [0.3, 0.4) is 0 Å². The molecule has 2 N–H and O–H groups in total. The summed E-state index contributed by atoms with van der Waals surface area (Å²) in [5.74, 6) is 0.389. The van der Waals surface area contributed by atoms with Crippen LogP contribution in [0.2, 0.25) is 0 Å². The molecule has 0 fully saturated rings. The summed E-state index contributed by atoms with van der Waals surface area (Å²) in [6, 6.07) is 7.93. The number of anilines is 1. The fraction of sp³-hybridized carbons (Fsp3) is 0.375. The number of carbonyl (C=O) groups excluding carboxylic acids is 1. The fourth-order valence-electron chi connectivity index (χ4n) is 2.72. The molecule has 0 bridgehead atoms. The number of nitrogens with one attached hydrogen (secondary N) is 2. The highest BCUT2D eigenvalue weighted by Crippen LogP contribution is 2.21. The summed E-state index contributed by atoms with van der Waals surface area (Å²) in [7, 11) is 0. The van der Waals surface area contributed by atoms with Crippen LogP contribution in [0.5, 0.6) is 0 Å². The molecule has 1 atom stereocenters. The summed E-state index contributed by atoms with van der Waals surface area (Å²) < 4.78 is 28.3. The third-order valence-corrected chi connectivity index (χ3v) is 3.86. The Kier molecular flexibility index (Phi) is 4.55. The van der Waals surface area contributed by atoms with Gasteiger partial charge in [0.2, 0.25) is 0 Å². The number of alkyl halides is 2. The maximum Gasteiger partial charge on any atom is 0.321 e. The molecule has 0 saturated carbocycles. The van der Waals surface area contributed by atoms with Crippen LogP contribution in [0.25, 0.3) is 0 Å². The van der Waals surface area contributed by atoms with Crippen LogP contribution in [0.15, 0.2) is 36.4 Å². The standard InChI is InChI=1S/C16H18F2N4O/c17-15(18)14(11-6-2-1-3-7-11)20-16(23)19-13-10-12-8-4-5-9-22(12)21-13/h1-3,6-7,10,14-15H,4-5,8-9H2,(H2,19,20,21,23). The second kappa shape index (κ2) is 6.76. The Balaban J connectivity index is 1.66. The van der Waals surface area contributed by atoms with E-state index in [0.29, 0.717) is 11.4 Å². The van der Waals surface area contributed by atoms with Crippen LogP contribution in [-0.2, 0) is 13.0 Å². The van der Waals surface area contributed by atoms with Gasteiger partial charge in [0, 0.05) is 18.3 Å². The molecule has 1 aromatic carbocycles. The molecule has 122 valence electrons. The van der Waals surface area contributed by atoms with Crippen molar-refractivity contribution in [1.29, 1.82) is 0 Å². The van der Waals surface area contributed by atoms with Gasteiger partial charge in [-0.25, -0.2) is 13.6 Å². The molecule has 5 nitrogen and oxygen atoms in total. The molecule has 0 saturated heterocycles. The summed E-state index contributed by atoms with van der Waals surface area (Å²) >= 11 is 0. The van der Waals surface area contributed by atoms with Gasteiger partial charge in [0.15, 0.2) is 5.82 Å². The van der Waals surface area contributed by atoms with Gasteiger partial charge in [-0.2, -0.15) is 5.10 Å². The van der Waals surface area contributed by atoms with Gasteiger partial charge in [-0.1, -0.05) is 30.3 Å². The van der Waals surface area contributed by atoms with E-state index in [0.717, 1.165) is 31.5 Å². The molecule has 2 heterocycles. The Labute approximate surface area is 132 Å². The van der Waals surface area contributed by atoms with Crippen molar-refractivity contribution in [2.75, 3.05) is 5.32 Å². The first-order valence-corrected chi connectivity index (χ1v) is 7.61. The van der Waals surface area contributed by atoms with Crippen molar-refractivity contribution in [3.63, 3.8) is 0 Å². The van der Waals surface area contributed by atoms with Crippen LogP contribution in [0, 0.1) is 0 Å². The molecule has 1 aliphatic heterocycles. The Morgan fingerprint density at radius 3 is 2.70 bits per heavy atom. The van der Waals surface area contributed by atoms with Crippen LogP contribution in [0.1, 0.15) is 30.1 Å². The molecule has 3 rings (SSSR count). The van der Waals surface area contributed by atoms with E-state index in [1.807, 2.05) is 4.68 Å². The number of benzene rings is 1. The highest BCUT2D eigenvalue weighted by atomic mass is 19.3. The smallest absolute Gasteiger partial charge is 0.321 e. The first kappa shape index (κ1) is 15.5. The minimum Gasteiger partial charge on any atom is -0.325 e. The summed E-state index contributed by atoms with van der Waals surface area (Å²) in [5.41, 5.74) is 1.42. The molecule has 2 amide bonds. The second-order valence-corrected chi connectivity index (χ2v) is 5.52. The molecule has 23 heavy (non-hydrogen) atoms. The molecule has 0 aliphatic carbocycles. The lowest BCUT2D eigenvalue weighted by molar-refractivity contribution is 0.103. The van der Waals surface area contributed by atoms with Crippen molar-refractivity contribution in [1.82, 2.24) is 15.1 Å². The Morgan fingerprint density at radius 1 is 1.22 bits per heavy atom. The lowest BCUT2D eigenvalue weighted by Crippen LogP contribution is -2.36. The molecular formula is C16H18F2N4O. The van der Waals surface area contributed by atoms with Crippen molar-refractivity contribution in [2.24, 2.45) is 0 Å². The second-order valence-electron chi connectivity index (χ2n) is 5.52. The number of fused-ring (bicyclic) bond motifs is 1. The number of rotatable bonds is 4. The van der Waals surface area contributed by atoms with Gasteiger partial charge in [-0.3, -0.25) is 10.00 Å². The van der Waals surface area contributed by atoms with Crippen LogP contribution in [-0.4, -0.2) is 22.2 Å². The van der Waals surface area contributed by atoms with Crippen molar-refractivity contribution < 1.29 is 13.6 Å². The van der Waals surface area contributed by atoms with Crippen LogP contribution < -0.4 is 10.6 Å². The van der Waals surface area contributed by atoms with E-state index in [4.69, 9.17) is 0 Å². The SMILES string of the molecule is O=C(Nc1cc2n(n1)CCCC2)NC(c1ccccc1)C(F)F. The van der Waals surface area contributed by atoms with Crippen molar-refractivity contribution in [3.8, 4) is 0 Å². The highest BCUT2D eigenvalue weighted by molar-refractivity contribution is 5.88. The predicted octanol–water partition coefficient (Wildman–Crippen LogP) is 3.35. The molecule has 0 spiro atoms. The maximum absolute atomic E-state index is 13.2. The van der Waals surface area contributed by atoms with E-state index < -0.39 is 18.5 Å². The molecule has 2 aromatic rings. The topological polar surface area (TPSA) is 59.0 Å². The number of carbonyl (C=O) groups is 1. The van der Waals surface area contributed by atoms with E-state index in [9.17, 15) is 13.6 Å². The van der Waals surface area contributed by atoms with Crippen LogP contribution in [0.4, 0.5) is 19.4 Å².